The summed E-state index contributed by atoms with van der Waals surface area (Å²) < 4.78 is 53.0. The lowest BCUT2D eigenvalue weighted by Crippen LogP contribution is -2.41. The number of alkyl halides is 3. The number of hydrogen-bond donors (Lipinski definition) is 0. The number of hydrogen-bond acceptors (Lipinski definition) is 2. The first-order valence-corrected chi connectivity index (χ1v) is 8.48. The quantitative estimate of drug-likeness (QED) is 0.684. The molecule has 2 aliphatic rings. The maximum absolute atomic E-state index is 13.6. The first kappa shape index (κ1) is 17.3. The summed E-state index contributed by atoms with van der Waals surface area (Å²) >= 11 is 3.41. The van der Waals surface area contributed by atoms with Gasteiger partial charge in [0.1, 0.15) is 0 Å². The van der Waals surface area contributed by atoms with Crippen LogP contribution in [-0.2, 0) is 15.5 Å². The predicted molar refractivity (Wildman–Crippen MR) is 86.8 cm³/mol. The van der Waals surface area contributed by atoms with Gasteiger partial charge in [0.05, 0.1) is 16.8 Å². The zero-order valence-electron chi connectivity index (χ0n) is 13.6. The van der Waals surface area contributed by atoms with Crippen LogP contribution in [0.25, 0.3) is 0 Å². The maximum Gasteiger partial charge on any atom is 0.495 e. The Labute approximate surface area is 143 Å². The minimum absolute atomic E-state index is 0.0347. The molecule has 7 heteroatoms. The van der Waals surface area contributed by atoms with Gasteiger partial charge in [0.15, 0.2) is 0 Å². The van der Waals surface area contributed by atoms with Gasteiger partial charge in [-0.3, -0.25) is 0 Å². The van der Waals surface area contributed by atoms with E-state index in [0.29, 0.717) is 4.47 Å². The molecule has 1 aromatic carbocycles. The molecule has 0 amide bonds. The highest BCUT2D eigenvalue weighted by atomic mass is 79.9. The SMILES string of the molecule is CC1(C)OB(c2cc(Br)c(C3CC3)cc2C(F)(F)F)OC1(C)C. The van der Waals surface area contributed by atoms with E-state index in [1.54, 1.807) is 0 Å². The smallest absolute Gasteiger partial charge is 0.399 e. The third-order valence-corrected chi connectivity index (χ3v) is 5.69. The molecule has 1 aliphatic heterocycles. The van der Waals surface area contributed by atoms with E-state index >= 15 is 0 Å². The second kappa shape index (κ2) is 5.23. The molecule has 0 radical (unpaired) electrons. The van der Waals surface area contributed by atoms with Crippen molar-refractivity contribution in [2.24, 2.45) is 0 Å². The Morgan fingerprint density at radius 3 is 2.04 bits per heavy atom. The van der Waals surface area contributed by atoms with Crippen LogP contribution in [0.4, 0.5) is 13.2 Å². The van der Waals surface area contributed by atoms with Crippen molar-refractivity contribution < 1.29 is 22.5 Å². The van der Waals surface area contributed by atoms with Crippen LogP contribution >= 0.6 is 15.9 Å². The summed E-state index contributed by atoms with van der Waals surface area (Å²) in [6.45, 7) is 7.31. The Balaban J connectivity index is 2.07. The van der Waals surface area contributed by atoms with Crippen molar-refractivity contribution in [2.45, 2.75) is 63.8 Å². The van der Waals surface area contributed by atoms with Gasteiger partial charge in [0.2, 0.25) is 0 Å². The first-order chi connectivity index (χ1) is 10.4. The minimum Gasteiger partial charge on any atom is -0.399 e. The summed E-state index contributed by atoms with van der Waals surface area (Å²) in [5, 5.41) is 0. The topological polar surface area (TPSA) is 18.5 Å². The molecule has 0 unspecified atom stereocenters. The van der Waals surface area contributed by atoms with Crippen molar-refractivity contribution in [3.05, 3.63) is 27.7 Å². The van der Waals surface area contributed by atoms with Crippen LogP contribution in [0, 0.1) is 0 Å². The van der Waals surface area contributed by atoms with Gasteiger partial charge in [-0.05, 0) is 69.6 Å². The van der Waals surface area contributed by atoms with E-state index in [2.05, 4.69) is 15.9 Å². The van der Waals surface area contributed by atoms with Gasteiger partial charge in [-0.2, -0.15) is 13.2 Å². The normalized spacial score (nSPS) is 23.4. The third kappa shape index (κ3) is 3.07. The molecular weight excluding hydrogens is 372 g/mol. The van der Waals surface area contributed by atoms with Crippen LogP contribution in [0.3, 0.4) is 0 Å². The molecule has 126 valence electrons. The summed E-state index contributed by atoms with van der Waals surface area (Å²) in [6.07, 6.45) is -2.57. The highest BCUT2D eigenvalue weighted by molar-refractivity contribution is 9.10. The molecule has 3 rings (SSSR count). The van der Waals surface area contributed by atoms with E-state index in [4.69, 9.17) is 9.31 Å². The Bertz CT molecular complexity index is 623. The number of rotatable bonds is 2. The Hall–Kier alpha value is -0.525. The fraction of sp³-hybridized carbons (Fsp3) is 0.625. The largest absolute Gasteiger partial charge is 0.495 e. The lowest BCUT2D eigenvalue weighted by molar-refractivity contribution is -0.136. The molecule has 0 N–H and O–H groups in total. The molecule has 1 saturated heterocycles. The maximum atomic E-state index is 13.6. The molecule has 0 spiro atoms. The van der Waals surface area contributed by atoms with Crippen molar-refractivity contribution in [2.75, 3.05) is 0 Å². The van der Waals surface area contributed by atoms with Gasteiger partial charge in [-0.25, -0.2) is 0 Å². The minimum atomic E-state index is -4.44. The Kier molecular flexibility index (Phi) is 3.94. The van der Waals surface area contributed by atoms with Crippen LogP contribution in [0.5, 0.6) is 0 Å². The van der Waals surface area contributed by atoms with Crippen LogP contribution in [-0.4, -0.2) is 18.3 Å². The molecule has 2 fully saturated rings. The van der Waals surface area contributed by atoms with Crippen LogP contribution < -0.4 is 5.46 Å². The zero-order chi connectivity index (χ0) is 17.2. The lowest BCUT2D eigenvalue weighted by atomic mass is 9.75. The molecule has 23 heavy (non-hydrogen) atoms. The summed E-state index contributed by atoms with van der Waals surface area (Å²) in [6, 6.07) is 2.76. The van der Waals surface area contributed by atoms with Crippen molar-refractivity contribution in [3.8, 4) is 0 Å². The van der Waals surface area contributed by atoms with Crippen molar-refractivity contribution in [3.63, 3.8) is 0 Å². The second-order valence-corrected chi connectivity index (χ2v) is 8.18. The molecule has 1 heterocycles. The molecule has 1 aliphatic carbocycles. The number of halogens is 4. The van der Waals surface area contributed by atoms with E-state index in [1.165, 1.54) is 12.1 Å². The van der Waals surface area contributed by atoms with Gasteiger partial charge >= 0.3 is 13.3 Å². The summed E-state index contributed by atoms with van der Waals surface area (Å²) in [4.78, 5) is 0. The van der Waals surface area contributed by atoms with E-state index in [-0.39, 0.29) is 11.4 Å². The average molecular weight is 391 g/mol. The standard InChI is InChI=1S/C16H19BBrF3O2/c1-14(2)15(3,4)23-17(22-14)12-8-13(18)10(9-5-6-9)7-11(12)16(19,20)21/h7-9H,5-6H2,1-4H3. The van der Waals surface area contributed by atoms with E-state index in [1.807, 2.05) is 27.7 Å². The average Bonchev–Trinajstić information content (AvgIpc) is 3.16. The van der Waals surface area contributed by atoms with E-state index in [0.717, 1.165) is 18.4 Å². The predicted octanol–water partition coefficient (Wildman–Crippen LogP) is 4.64. The van der Waals surface area contributed by atoms with E-state index < -0.39 is 30.1 Å². The zero-order valence-corrected chi connectivity index (χ0v) is 15.1. The van der Waals surface area contributed by atoms with Gasteiger partial charge in [-0.15, -0.1) is 0 Å². The number of benzene rings is 1. The van der Waals surface area contributed by atoms with E-state index in [9.17, 15) is 13.2 Å². The van der Waals surface area contributed by atoms with Crippen LogP contribution in [0.15, 0.2) is 16.6 Å². The monoisotopic (exact) mass is 390 g/mol. The van der Waals surface area contributed by atoms with Crippen LogP contribution in [0.1, 0.15) is 57.6 Å². The lowest BCUT2D eigenvalue weighted by Gasteiger charge is -2.32. The molecule has 1 aromatic rings. The highest BCUT2D eigenvalue weighted by Crippen LogP contribution is 2.45. The Morgan fingerprint density at radius 2 is 1.61 bits per heavy atom. The van der Waals surface area contributed by atoms with Gasteiger partial charge in [0.25, 0.3) is 0 Å². The van der Waals surface area contributed by atoms with Crippen molar-refractivity contribution in [1.29, 1.82) is 0 Å². The summed E-state index contributed by atoms with van der Waals surface area (Å²) in [5.41, 5.74) is -1.27. The van der Waals surface area contributed by atoms with Gasteiger partial charge < -0.3 is 9.31 Å². The highest BCUT2D eigenvalue weighted by Gasteiger charge is 2.54. The molecule has 0 aromatic heterocycles. The fourth-order valence-corrected chi connectivity index (χ4v) is 3.41. The van der Waals surface area contributed by atoms with Crippen LogP contribution in [0.2, 0.25) is 0 Å². The fourth-order valence-electron chi connectivity index (χ4n) is 2.72. The van der Waals surface area contributed by atoms with Gasteiger partial charge in [-0.1, -0.05) is 15.9 Å². The summed E-state index contributed by atoms with van der Waals surface area (Å²) in [5.74, 6) is 0.220. The third-order valence-electron chi connectivity index (χ3n) is 5.00. The molecular formula is C16H19BBrF3O2. The molecule has 2 nitrogen and oxygen atoms in total. The van der Waals surface area contributed by atoms with Crippen molar-refractivity contribution >= 4 is 28.5 Å². The molecule has 0 atom stereocenters. The molecule has 1 saturated carbocycles. The van der Waals surface area contributed by atoms with Crippen molar-refractivity contribution in [1.82, 2.24) is 0 Å². The van der Waals surface area contributed by atoms with Gasteiger partial charge in [0, 0.05) is 4.47 Å². The summed E-state index contributed by atoms with van der Waals surface area (Å²) in [7, 11) is -1.03. The second-order valence-electron chi connectivity index (χ2n) is 7.32. The molecule has 0 bridgehead atoms. The first-order valence-electron chi connectivity index (χ1n) is 7.68. The Morgan fingerprint density at radius 1 is 1.09 bits per heavy atom.